The number of hydrogen-bond acceptors (Lipinski definition) is 6. The Morgan fingerprint density at radius 1 is 1.24 bits per heavy atom. The number of hydrogen-bond donors (Lipinski definition) is 1. The second-order valence-corrected chi connectivity index (χ2v) is 10.1. The fraction of sp³-hybridized carbons (Fsp3) is 0.353. The van der Waals surface area contributed by atoms with Crippen LogP contribution >= 0.6 is 58.2 Å². The van der Waals surface area contributed by atoms with Gasteiger partial charge in [0.05, 0.1) is 5.03 Å². The van der Waals surface area contributed by atoms with Crippen molar-refractivity contribution in [1.29, 1.82) is 0 Å². The Kier molecular flexibility index (Phi) is 7.11. The second-order valence-electron chi connectivity index (χ2n) is 6.00. The van der Waals surface area contributed by atoms with Gasteiger partial charge in [-0.2, -0.15) is 0 Å². The molecule has 7 nitrogen and oxygen atoms in total. The Morgan fingerprint density at radius 3 is 2.59 bits per heavy atom. The van der Waals surface area contributed by atoms with Gasteiger partial charge in [0.25, 0.3) is 11.8 Å². The molecule has 2 heterocycles. The topological polar surface area (TPSA) is 84.9 Å². The maximum atomic E-state index is 12.5. The van der Waals surface area contributed by atoms with Crippen molar-refractivity contribution in [2.24, 2.45) is 0 Å². The Morgan fingerprint density at radius 2 is 1.93 bits per heavy atom. The first kappa shape index (κ1) is 22.4. The molecule has 2 aliphatic heterocycles. The highest BCUT2D eigenvalue weighted by molar-refractivity contribution is 8.00. The molecule has 12 heteroatoms. The minimum absolute atomic E-state index is 0.110. The predicted molar refractivity (Wildman–Crippen MR) is 111 cm³/mol. The third kappa shape index (κ3) is 5.44. The lowest BCUT2D eigenvalue weighted by Crippen LogP contribution is -2.70. The Hall–Kier alpha value is -1.32. The van der Waals surface area contributed by atoms with E-state index in [0.29, 0.717) is 5.75 Å². The quantitative estimate of drug-likeness (QED) is 0.368. The van der Waals surface area contributed by atoms with Crippen LogP contribution in [0.15, 0.2) is 41.1 Å². The maximum Gasteiger partial charge on any atom is 0.356 e. The molecule has 0 bridgehead atoms. The van der Waals surface area contributed by atoms with Gasteiger partial charge in [-0.25, -0.2) is 4.79 Å². The Labute approximate surface area is 190 Å². The van der Waals surface area contributed by atoms with E-state index in [1.807, 2.05) is 6.07 Å². The number of benzene rings is 1. The number of carbonyl (C=O) groups excluding carboxylic acids is 3. The number of ether oxygens (including phenoxy) is 2. The Balaban J connectivity index is 1.59. The van der Waals surface area contributed by atoms with Gasteiger partial charge in [0.1, 0.15) is 29.5 Å². The molecule has 0 aliphatic carbocycles. The number of alkyl halides is 3. The van der Waals surface area contributed by atoms with Crippen molar-refractivity contribution in [3.05, 3.63) is 41.1 Å². The largest absolute Gasteiger partial charge is 0.484 e. The molecule has 1 unspecified atom stereocenters. The number of amides is 2. The zero-order valence-corrected chi connectivity index (χ0v) is 18.4. The van der Waals surface area contributed by atoms with E-state index in [1.54, 1.807) is 24.3 Å². The lowest BCUT2D eigenvalue weighted by atomic mass is 10.1. The molecule has 29 heavy (non-hydrogen) atoms. The summed E-state index contributed by atoms with van der Waals surface area (Å²) >= 11 is 24.1. The van der Waals surface area contributed by atoms with Crippen LogP contribution in [0, 0.1) is 0 Å². The SMILES string of the molecule is O=C(COc1ccccc1)NC1C(=O)N2C(C(=O)OCC(Cl)(Cl)Cl)=C(Cl)CS[C@@H]12. The number of rotatable bonds is 6. The Bertz CT molecular complexity index is 846. The van der Waals surface area contributed by atoms with Gasteiger partial charge in [0.15, 0.2) is 6.61 Å². The van der Waals surface area contributed by atoms with Crippen LogP contribution in [-0.4, -0.2) is 56.9 Å². The summed E-state index contributed by atoms with van der Waals surface area (Å²) in [7, 11) is 0. The van der Waals surface area contributed by atoms with E-state index in [1.165, 1.54) is 16.7 Å². The number of halogens is 4. The molecule has 156 valence electrons. The minimum atomic E-state index is -1.79. The van der Waals surface area contributed by atoms with Crippen molar-refractivity contribution >= 4 is 75.9 Å². The van der Waals surface area contributed by atoms with Crippen molar-refractivity contribution in [2.45, 2.75) is 15.2 Å². The number of esters is 1. The van der Waals surface area contributed by atoms with Crippen LogP contribution in [0.5, 0.6) is 5.75 Å². The highest BCUT2D eigenvalue weighted by Crippen LogP contribution is 2.42. The van der Waals surface area contributed by atoms with E-state index in [2.05, 4.69) is 5.32 Å². The van der Waals surface area contributed by atoms with Crippen molar-refractivity contribution < 1.29 is 23.9 Å². The van der Waals surface area contributed by atoms with Crippen molar-refractivity contribution in [2.75, 3.05) is 19.0 Å². The first-order chi connectivity index (χ1) is 13.7. The van der Waals surface area contributed by atoms with Crippen molar-refractivity contribution in [3.8, 4) is 5.75 Å². The average Bonchev–Trinajstić information content (AvgIpc) is 2.68. The van der Waals surface area contributed by atoms with Crippen molar-refractivity contribution in [1.82, 2.24) is 10.2 Å². The van der Waals surface area contributed by atoms with Gasteiger partial charge in [-0.15, -0.1) is 11.8 Å². The third-order valence-electron chi connectivity index (χ3n) is 3.91. The zero-order chi connectivity index (χ0) is 21.2. The van der Waals surface area contributed by atoms with Crippen LogP contribution in [0.25, 0.3) is 0 Å². The molecule has 1 N–H and O–H groups in total. The highest BCUT2D eigenvalue weighted by Gasteiger charge is 2.54. The molecule has 0 radical (unpaired) electrons. The molecule has 1 aromatic carbocycles. The van der Waals surface area contributed by atoms with E-state index < -0.39 is 39.6 Å². The highest BCUT2D eigenvalue weighted by atomic mass is 35.6. The van der Waals surface area contributed by atoms with Gasteiger partial charge in [-0.3, -0.25) is 14.5 Å². The molecule has 2 atom stereocenters. The number of para-hydroxylation sites is 1. The van der Waals surface area contributed by atoms with Gasteiger partial charge in [0.2, 0.25) is 3.79 Å². The summed E-state index contributed by atoms with van der Waals surface area (Å²) in [5.41, 5.74) is -0.110. The molecule has 0 aromatic heterocycles. The van der Waals surface area contributed by atoms with Gasteiger partial charge in [-0.05, 0) is 12.1 Å². The maximum absolute atomic E-state index is 12.5. The molecule has 2 amide bonds. The standard InChI is InChI=1S/C17H14Cl4N2O5S/c18-10-7-29-15-12(22-11(24)6-27-9-4-2-1-3-5-9)14(25)23(15)13(10)16(26)28-8-17(19,20)21/h1-5,12,15H,6-8H2,(H,22,24)/t12?,15-/m0/s1. The van der Waals surface area contributed by atoms with Gasteiger partial charge in [0, 0.05) is 5.75 Å². The summed E-state index contributed by atoms with van der Waals surface area (Å²) in [5.74, 6) is -1.04. The molecule has 1 fully saturated rings. The normalized spacial score (nSPS) is 21.2. The summed E-state index contributed by atoms with van der Waals surface area (Å²) in [6.07, 6.45) is 0. The van der Waals surface area contributed by atoms with E-state index in [4.69, 9.17) is 55.9 Å². The smallest absolute Gasteiger partial charge is 0.356 e. The number of thioether (sulfide) groups is 1. The first-order valence-electron chi connectivity index (χ1n) is 8.22. The molecule has 1 saturated heterocycles. The number of nitrogens with one attached hydrogen (secondary N) is 1. The van der Waals surface area contributed by atoms with Crippen LogP contribution < -0.4 is 10.1 Å². The molecule has 0 saturated carbocycles. The summed E-state index contributed by atoms with van der Waals surface area (Å²) in [6.45, 7) is -0.749. The second kappa shape index (κ2) is 9.22. The van der Waals surface area contributed by atoms with E-state index >= 15 is 0 Å². The van der Waals surface area contributed by atoms with Crippen LogP contribution in [0.2, 0.25) is 0 Å². The molecular weight excluding hydrogens is 486 g/mol. The predicted octanol–water partition coefficient (Wildman–Crippen LogP) is 2.83. The average molecular weight is 500 g/mol. The van der Waals surface area contributed by atoms with Crippen LogP contribution in [-0.2, 0) is 19.1 Å². The van der Waals surface area contributed by atoms with Gasteiger partial charge >= 0.3 is 5.97 Å². The molecule has 2 aliphatic rings. The van der Waals surface area contributed by atoms with Gasteiger partial charge < -0.3 is 14.8 Å². The third-order valence-corrected chi connectivity index (χ3v) is 5.99. The number of nitrogens with zero attached hydrogens (tertiary/aromatic N) is 1. The van der Waals surface area contributed by atoms with E-state index in [9.17, 15) is 14.4 Å². The molecule has 1 aromatic rings. The summed E-state index contributed by atoms with van der Waals surface area (Å²) in [6, 6.07) is 7.98. The molecule has 0 spiro atoms. The lowest BCUT2D eigenvalue weighted by molar-refractivity contribution is -0.153. The monoisotopic (exact) mass is 498 g/mol. The van der Waals surface area contributed by atoms with Crippen LogP contribution in [0.3, 0.4) is 0 Å². The fourth-order valence-electron chi connectivity index (χ4n) is 2.67. The van der Waals surface area contributed by atoms with Crippen molar-refractivity contribution in [3.63, 3.8) is 0 Å². The summed E-state index contributed by atoms with van der Waals surface area (Å²) in [4.78, 5) is 38.2. The number of carbonyl (C=O) groups is 3. The number of fused-ring (bicyclic) bond motifs is 1. The fourth-order valence-corrected chi connectivity index (χ4v) is 4.38. The van der Waals surface area contributed by atoms with Crippen LogP contribution in [0.4, 0.5) is 0 Å². The minimum Gasteiger partial charge on any atom is -0.484 e. The summed E-state index contributed by atoms with van der Waals surface area (Å²) < 4.78 is 8.50. The van der Waals surface area contributed by atoms with E-state index in [-0.39, 0.29) is 23.1 Å². The van der Waals surface area contributed by atoms with E-state index in [0.717, 1.165) is 0 Å². The van der Waals surface area contributed by atoms with Gasteiger partial charge in [-0.1, -0.05) is 64.6 Å². The molecular formula is C17H14Cl4N2O5S. The molecule has 3 rings (SSSR count). The first-order valence-corrected chi connectivity index (χ1v) is 10.8. The lowest BCUT2D eigenvalue weighted by Gasteiger charge is -2.49. The zero-order valence-electron chi connectivity index (χ0n) is 14.6. The summed E-state index contributed by atoms with van der Waals surface area (Å²) in [5, 5.41) is 2.25. The number of β-lactam (4-membered cyclic amide) rings is 1. The van der Waals surface area contributed by atoms with Crippen LogP contribution in [0.1, 0.15) is 0 Å².